The molecular formula is C14H12O4. The maximum atomic E-state index is 11.9. The average Bonchev–Trinajstić information content (AvgIpc) is 2.34. The number of hydrogen-bond acceptors (Lipinski definition) is 4. The number of para-hydroxylation sites is 1. The highest BCUT2D eigenvalue weighted by Gasteiger charge is 2.13. The van der Waals surface area contributed by atoms with Gasteiger partial charge < -0.3 is 15.3 Å². The quantitative estimate of drug-likeness (QED) is 0.571. The number of benzene rings is 2. The molecule has 0 fully saturated rings. The maximum Gasteiger partial charge on any atom is 0.171 e. The third-order valence-electron chi connectivity index (χ3n) is 2.62. The Morgan fingerprint density at radius 2 is 1.67 bits per heavy atom. The molecule has 4 heteroatoms. The van der Waals surface area contributed by atoms with E-state index in [2.05, 4.69) is 0 Å². The van der Waals surface area contributed by atoms with E-state index in [0.29, 0.717) is 5.56 Å². The van der Waals surface area contributed by atoms with E-state index in [1.807, 2.05) is 0 Å². The van der Waals surface area contributed by atoms with Crippen molar-refractivity contribution in [3.05, 3.63) is 53.6 Å². The molecule has 3 N–H and O–H groups in total. The summed E-state index contributed by atoms with van der Waals surface area (Å²) in [4.78, 5) is 11.9. The Hall–Kier alpha value is -2.49. The molecular weight excluding hydrogens is 232 g/mol. The monoisotopic (exact) mass is 244 g/mol. The number of carbonyl (C=O) groups is 1. The first kappa shape index (κ1) is 12.0. The van der Waals surface area contributed by atoms with Gasteiger partial charge in [0.05, 0.1) is 5.56 Å². The van der Waals surface area contributed by atoms with Crippen LogP contribution in [0.15, 0.2) is 42.5 Å². The molecule has 2 aromatic carbocycles. The molecule has 0 aromatic heterocycles. The van der Waals surface area contributed by atoms with E-state index in [1.165, 1.54) is 30.3 Å². The summed E-state index contributed by atoms with van der Waals surface area (Å²) in [5.74, 6) is -0.499. The van der Waals surface area contributed by atoms with E-state index >= 15 is 0 Å². The second-order valence-corrected chi connectivity index (χ2v) is 3.93. The highest BCUT2D eigenvalue weighted by Crippen LogP contribution is 2.25. The van der Waals surface area contributed by atoms with Gasteiger partial charge in [0, 0.05) is 12.0 Å². The lowest BCUT2D eigenvalue weighted by atomic mass is 10.0. The Morgan fingerprint density at radius 3 is 2.39 bits per heavy atom. The van der Waals surface area contributed by atoms with Crippen LogP contribution in [0.4, 0.5) is 0 Å². The molecule has 2 aromatic rings. The lowest BCUT2D eigenvalue weighted by Crippen LogP contribution is -2.04. The van der Waals surface area contributed by atoms with Gasteiger partial charge in [0.2, 0.25) is 0 Å². The molecule has 0 unspecified atom stereocenters. The van der Waals surface area contributed by atoms with Gasteiger partial charge in [-0.15, -0.1) is 0 Å². The first-order chi connectivity index (χ1) is 8.58. The third kappa shape index (κ3) is 2.43. The maximum absolute atomic E-state index is 11.9. The zero-order valence-electron chi connectivity index (χ0n) is 9.50. The Kier molecular flexibility index (Phi) is 3.19. The first-order valence-electron chi connectivity index (χ1n) is 5.40. The fraction of sp³-hybridized carbons (Fsp3) is 0.0714. The van der Waals surface area contributed by atoms with Crippen LogP contribution in [0.25, 0.3) is 0 Å². The molecule has 0 aliphatic rings. The normalized spacial score (nSPS) is 10.2. The van der Waals surface area contributed by atoms with Crippen molar-refractivity contribution in [1.82, 2.24) is 0 Å². The summed E-state index contributed by atoms with van der Waals surface area (Å²) >= 11 is 0. The molecule has 0 spiro atoms. The van der Waals surface area contributed by atoms with Crippen molar-refractivity contribution in [3.8, 4) is 17.2 Å². The molecule has 0 atom stereocenters. The van der Waals surface area contributed by atoms with Gasteiger partial charge in [-0.3, -0.25) is 4.79 Å². The van der Waals surface area contributed by atoms with Gasteiger partial charge in [-0.25, -0.2) is 0 Å². The van der Waals surface area contributed by atoms with Crippen LogP contribution in [0.1, 0.15) is 15.9 Å². The van der Waals surface area contributed by atoms with Crippen molar-refractivity contribution < 1.29 is 20.1 Å². The largest absolute Gasteiger partial charge is 0.508 e. The molecule has 0 heterocycles. The third-order valence-corrected chi connectivity index (χ3v) is 2.62. The van der Waals surface area contributed by atoms with E-state index in [4.69, 9.17) is 0 Å². The summed E-state index contributed by atoms with van der Waals surface area (Å²) in [6.45, 7) is 0. The summed E-state index contributed by atoms with van der Waals surface area (Å²) < 4.78 is 0. The van der Waals surface area contributed by atoms with Crippen LogP contribution in [-0.4, -0.2) is 21.1 Å². The summed E-state index contributed by atoms with van der Waals surface area (Å²) in [5.41, 5.74) is 0.517. The lowest BCUT2D eigenvalue weighted by Gasteiger charge is -2.06. The molecule has 92 valence electrons. The Balaban J connectivity index is 2.27. The van der Waals surface area contributed by atoms with E-state index in [0.717, 1.165) is 0 Å². The van der Waals surface area contributed by atoms with Crippen LogP contribution in [0, 0.1) is 0 Å². The Morgan fingerprint density at radius 1 is 0.944 bits per heavy atom. The van der Waals surface area contributed by atoms with Crippen LogP contribution in [0.5, 0.6) is 17.2 Å². The zero-order valence-corrected chi connectivity index (χ0v) is 9.50. The number of hydrogen-bond donors (Lipinski definition) is 3. The summed E-state index contributed by atoms with van der Waals surface area (Å²) in [7, 11) is 0. The molecule has 0 saturated heterocycles. The minimum atomic E-state index is -0.325. The SMILES string of the molecule is O=C(Cc1cc(O)ccc1O)c1ccccc1O. The van der Waals surface area contributed by atoms with Crippen LogP contribution in [-0.2, 0) is 6.42 Å². The molecule has 2 rings (SSSR count). The second kappa shape index (κ2) is 4.79. The van der Waals surface area contributed by atoms with Gasteiger partial charge >= 0.3 is 0 Å². The summed E-state index contributed by atoms with van der Waals surface area (Å²) in [5, 5.41) is 28.4. The number of phenols is 3. The molecule has 0 radical (unpaired) electrons. The molecule has 0 aliphatic carbocycles. The predicted molar refractivity (Wildman–Crippen MR) is 65.9 cm³/mol. The molecule has 4 nitrogen and oxygen atoms in total. The van der Waals surface area contributed by atoms with Crippen molar-refractivity contribution in [3.63, 3.8) is 0 Å². The van der Waals surface area contributed by atoms with E-state index in [9.17, 15) is 20.1 Å². The highest BCUT2D eigenvalue weighted by atomic mass is 16.3. The number of aromatic hydroxyl groups is 3. The zero-order chi connectivity index (χ0) is 13.1. The van der Waals surface area contributed by atoms with E-state index in [1.54, 1.807) is 12.1 Å². The summed E-state index contributed by atoms with van der Waals surface area (Å²) in [6.07, 6.45) is -0.0855. The van der Waals surface area contributed by atoms with Crippen molar-refractivity contribution in [2.24, 2.45) is 0 Å². The van der Waals surface area contributed by atoms with Crippen molar-refractivity contribution in [2.75, 3.05) is 0 Å². The van der Waals surface area contributed by atoms with Gasteiger partial charge in [-0.2, -0.15) is 0 Å². The van der Waals surface area contributed by atoms with Crippen LogP contribution in [0.3, 0.4) is 0 Å². The smallest absolute Gasteiger partial charge is 0.171 e. The minimum absolute atomic E-state index is 0.0205. The predicted octanol–water partition coefficient (Wildman–Crippen LogP) is 2.23. The van der Waals surface area contributed by atoms with Gasteiger partial charge in [0.25, 0.3) is 0 Å². The van der Waals surface area contributed by atoms with Crippen LogP contribution >= 0.6 is 0 Å². The lowest BCUT2D eigenvalue weighted by molar-refractivity contribution is 0.0989. The first-order valence-corrected chi connectivity index (χ1v) is 5.40. The average molecular weight is 244 g/mol. The number of rotatable bonds is 3. The van der Waals surface area contributed by atoms with Gasteiger partial charge in [-0.05, 0) is 30.3 Å². The molecule has 0 amide bonds. The van der Waals surface area contributed by atoms with Crippen molar-refractivity contribution in [2.45, 2.75) is 6.42 Å². The topological polar surface area (TPSA) is 77.8 Å². The van der Waals surface area contributed by atoms with Crippen molar-refractivity contribution >= 4 is 5.78 Å². The second-order valence-electron chi connectivity index (χ2n) is 3.93. The Labute approximate surface area is 104 Å². The molecule has 0 saturated carbocycles. The fourth-order valence-electron chi connectivity index (χ4n) is 1.69. The minimum Gasteiger partial charge on any atom is -0.508 e. The van der Waals surface area contributed by atoms with E-state index in [-0.39, 0.29) is 35.0 Å². The molecule has 0 aliphatic heterocycles. The fourth-order valence-corrected chi connectivity index (χ4v) is 1.69. The van der Waals surface area contributed by atoms with Crippen molar-refractivity contribution in [1.29, 1.82) is 0 Å². The van der Waals surface area contributed by atoms with Crippen LogP contribution in [0.2, 0.25) is 0 Å². The standard InChI is InChI=1S/C14H12O4/c15-10-5-6-12(16)9(7-10)8-14(18)11-3-1-2-4-13(11)17/h1-7,15-17H,8H2. The molecule has 0 bridgehead atoms. The number of ketones is 1. The number of Topliss-reactive ketones (excluding diaryl/α,β-unsaturated/α-hetero) is 1. The summed E-state index contributed by atoms with van der Waals surface area (Å²) in [6, 6.07) is 10.2. The molecule has 18 heavy (non-hydrogen) atoms. The van der Waals surface area contributed by atoms with E-state index < -0.39 is 0 Å². The van der Waals surface area contributed by atoms with Gasteiger partial charge in [0.1, 0.15) is 17.2 Å². The van der Waals surface area contributed by atoms with Crippen LogP contribution < -0.4 is 0 Å². The number of carbonyl (C=O) groups excluding carboxylic acids is 1. The van der Waals surface area contributed by atoms with Gasteiger partial charge in [-0.1, -0.05) is 12.1 Å². The van der Waals surface area contributed by atoms with Gasteiger partial charge in [0.15, 0.2) is 5.78 Å². The highest BCUT2D eigenvalue weighted by molar-refractivity contribution is 6.00. The number of phenolic OH excluding ortho intramolecular Hbond substituents is 3. The Bertz CT molecular complexity index is 590.